The molecule has 3 rings (SSSR count). The van der Waals surface area contributed by atoms with E-state index in [1.807, 2.05) is 0 Å². The van der Waals surface area contributed by atoms with Gasteiger partial charge < -0.3 is 0 Å². The summed E-state index contributed by atoms with van der Waals surface area (Å²) in [5.41, 5.74) is 1.18. The van der Waals surface area contributed by atoms with Crippen molar-refractivity contribution in [2.75, 3.05) is 4.90 Å². The highest BCUT2D eigenvalue weighted by atomic mass is 35.5. The minimum absolute atomic E-state index is 0.110. The van der Waals surface area contributed by atoms with Crippen LogP contribution in [0.2, 0.25) is 5.02 Å². The third kappa shape index (κ3) is 2.80. The first-order valence-corrected chi connectivity index (χ1v) is 7.50. The molecular formula is C17H14ClFN2O2. The van der Waals surface area contributed by atoms with E-state index in [1.54, 1.807) is 31.2 Å². The number of urea groups is 1. The Labute approximate surface area is 138 Å². The molecule has 1 aliphatic rings. The van der Waals surface area contributed by atoms with Gasteiger partial charge in [0.2, 0.25) is 0 Å². The van der Waals surface area contributed by atoms with Crippen LogP contribution in [0.5, 0.6) is 0 Å². The fourth-order valence-electron chi connectivity index (χ4n) is 2.60. The van der Waals surface area contributed by atoms with Gasteiger partial charge in [0, 0.05) is 10.7 Å². The van der Waals surface area contributed by atoms with Crippen molar-refractivity contribution < 1.29 is 14.0 Å². The van der Waals surface area contributed by atoms with Crippen molar-refractivity contribution in [1.82, 2.24) is 4.90 Å². The molecular weight excluding hydrogens is 319 g/mol. The summed E-state index contributed by atoms with van der Waals surface area (Å²) < 4.78 is 13.1. The number of rotatable bonds is 3. The zero-order valence-electron chi connectivity index (χ0n) is 12.4. The normalized spacial score (nSPS) is 18.0. The third-order valence-electron chi connectivity index (χ3n) is 3.84. The van der Waals surface area contributed by atoms with Crippen LogP contribution in [-0.4, -0.2) is 22.9 Å². The molecule has 0 spiro atoms. The van der Waals surface area contributed by atoms with Crippen LogP contribution < -0.4 is 4.90 Å². The zero-order chi connectivity index (χ0) is 16.6. The Morgan fingerprint density at radius 1 is 1.09 bits per heavy atom. The number of hydrogen-bond acceptors (Lipinski definition) is 2. The number of nitrogens with zero attached hydrogens (tertiary/aromatic N) is 2. The molecule has 1 fully saturated rings. The number of carbonyl (C=O) groups excluding carboxylic acids is 2. The number of amides is 3. The Hall–Kier alpha value is -2.40. The maximum Gasteiger partial charge on any atom is 0.332 e. The van der Waals surface area contributed by atoms with Gasteiger partial charge in [0.05, 0.1) is 6.54 Å². The molecule has 0 radical (unpaired) electrons. The van der Waals surface area contributed by atoms with E-state index in [9.17, 15) is 14.0 Å². The molecule has 6 heteroatoms. The summed E-state index contributed by atoms with van der Waals surface area (Å²) in [6.45, 7) is 1.76. The quantitative estimate of drug-likeness (QED) is 0.801. The Balaban J connectivity index is 1.89. The zero-order valence-corrected chi connectivity index (χ0v) is 13.1. The van der Waals surface area contributed by atoms with E-state index in [2.05, 4.69) is 0 Å². The van der Waals surface area contributed by atoms with Crippen LogP contribution >= 0.6 is 11.6 Å². The number of hydrogen-bond donors (Lipinski definition) is 0. The van der Waals surface area contributed by atoms with Gasteiger partial charge in [-0.25, -0.2) is 9.18 Å². The predicted molar refractivity (Wildman–Crippen MR) is 85.7 cm³/mol. The summed E-state index contributed by atoms with van der Waals surface area (Å²) in [5, 5.41) is 0.501. The second-order valence-electron chi connectivity index (χ2n) is 5.32. The summed E-state index contributed by atoms with van der Waals surface area (Å²) in [6, 6.07) is 11.5. The van der Waals surface area contributed by atoms with E-state index in [0.29, 0.717) is 16.3 Å². The van der Waals surface area contributed by atoms with Crippen LogP contribution in [0.4, 0.5) is 14.9 Å². The first-order chi connectivity index (χ1) is 11.0. The number of carbonyl (C=O) groups is 2. The predicted octanol–water partition coefficient (Wildman–Crippen LogP) is 3.84. The lowest BCUT2D eigenvalue weighted by Gasteiger charge is -2.19. The molecule has 0 unspecified atom stereocenters. The molecule has 1 heterocycles. The highest BCUT2D eigenvalue weighted by Crippen LogP contribution is 2.28. The molecule has 4 nitrogen and oxygen atoms in total. The molecule has 0 N–H and O–H groups in total. The van der Waals surface area contributed by atoms with E-state index < -0.39 is 17.9 Å². The van der Waals surface area contributed by atoms with Crippen molar-refractivity contribution in [1.29, 1.82) is 0 Å². The second kappa shape index (κ2) is 6.01. The third-order valence-corrected chi connectivity index (χ3v) is 4.21. The molecule has 3 amide bonds. The first-order valence-electron chi connectivity index (χ1n) is 7.12. The Bertz CT molecular complexity index is 763. The van der Waals surface area contributed by atoms with Crippen molar-refractivity contribution >= 4 is 29.2 Å². The summed E-state index contributed by atoms with van der Waals surface area (Å²) in [6.07, 6.45) is 0. The summed E-state index contributed by atoms with van der Waals surface area (Å²) >= 11 is 6.10. The second-order valence-corrected chi connectivity index (χ2v) is 5.73. The SMILES string of the molecule is C[C@@H]1C(=O)N(Cc2ccccc2Cl)C(=O)N1c1ccc(F)cc1. The van der Waals surface area contributed by atoms with Gasteiger partial charge in [-0.3, -0.25) is 14.6 Å². The molecule has 1 aliphatic heterocycles. The molecule has 118 valence electrons. The van der Waals surface area contributed by atoms with E-state index in [0.717, 1.165) is 4.90 Å². The van der Waals surface area contributed by atoms with Gasteiger partial charge in [0.15, 0.2) is 0 Å². The lowest BCUT2D eigenvalue weighted by Crippen LogP contribution is -2.33. The highest BCUT2D eigenvalue weighted by Gasteiger charge is 2.43. The van der Waals surface area contributed by atoms with Crippen LogP contribution in [-0.2, 0) is 11.3 Å². The lowest BCUT2D eigenvalue weighted by atomic mass is 10.2. The van der Waals surface area contributed by atoms with Crippen molar-refractivity contribution in [2.24, 2.45) is 0 Å². The minimum Gasteiger partial charge on any atom is -0.282 e. The van der Waals surface area contributed by atoms with Crippen molar-refractivity contribution in [3.8, 4) is 0 Å². The van der Waals surface area contributed by atoms with Crippen LogP contribution in [0.3, 0.4) is 0 Å². The fraction of sp³-hybridized carbons (Fsp3) is 0.176. The minimum atomic E-state index is -0.643. The number of anilines is 1. The Kier molecular flexibility index (Phi) is 4.05. The molecule has 0 saturated carbocycles. The van der Waals surface area contributed by atoms with Crippen molar-refractivity contribution in [2.45, 2.75) is 19.5 Å². The Morgan fingerprint density at radius 3 is 2.39 bits per heavy atom. The number of benzene rings is 2. The topological polar surface area (TPSA) is 40.6 Å². The van der Waals surface area contributed by atoms with Gasteiger partial charge in [-0.2, -0.15) is 0 Å². The molecule has 1 saturated heterocycles. The maximum atomic E-state index is 13.1. The van der Waals surface area contributed by atoms with E-state index in [4.69, 9.17) is 11.6 Å². The average molecular weight is 333 g/mol. The van der Waals surface area contributed by atoms with Crippen LogP contribution in [0.25, 0.3) is 0 Å². The van der Waals surface area contributed by atoms with Crippen LogP contribution in [0, 0.1) is 5.82 Å². The lowest BCUT2D eigenvalue weighted by molar-refractivity contribution is -0.127. The average Bonchev–Trinajstić information content (AvgIpc) is 2.74. The van der Waals surface area contributed by atoms with Gasteiger partial charge in [-0.15, -0.1) is 0 Å². The van der Waals surface area contributed by atoms with Crippen LogP contribution in [0.15, 0.2) is 48.5 Å². The summed E-state index contributed by atoms with van der Waals surface area (Å²) in [7, 11) is 0. The monoisotopic (exact) mass is 332 g/mol. The van der Waals surface area contributed by atoms with E-state index >= 15 is 0 Å². The first kappa shape index (κ1) is 15.5. The van der Waals surface area contributed by atoms with Crippen molar-refractivity contribution in [3.05, 3.63) is 64.9 Å². The molecule has 1 atom stereocenters. The molecule has 0 aliphatic carbocycles. The van der Waals surface area contributed by atoms with E-state index in [1.165, 1.54) is 29.2 Å². The fourth-order valence-corrected chi connectivity index (χ4v) is 2.80. The molecule has 2 aromatic rings. The number of halogens is 2. The summed E-state index contributed by atoms with van der Waals surface area (Å²) in [5.74, 6) is -0.702. The number of imide groups is 1. The molecule has 0 aromatic heterocycles. The van der Waals surface area contributed by atoms with Gasteiger partial charge in [-0.05, 0) is 42.8 Å². The standard InChI is InChI=1S/C17H14ClFN2O2/c1-11-16(22)20(10-12-4-2-3-5-15(12)18)17(23)21(11)14-8-6-13(19)7-9-14/h2-9,11H,10H2,1H3/t11-/m1/s1. The smallest absolute Gasteiger partial charge is 0.282 e. The molecule has 23 heavy (non-hydrogen) atoms. The molecule has 2 aromatic carbocycles. The van der Waals surface area contributed by atoms with Gasteiger partial charge in [0.25, 0.3) is 5.91 Å². The highest BCUT2D eigenvalue weighted by molar-refractivity contribution is 6.31. The Morgan fingerprint density at radius 2 is 1.74 bits per heavy atom. The van der Waals surface area contributed by atoms with Crippen molar-refractivity contribution in [3.63, 3.8) is 0 Å². The van der Waals surface area contributed by atoms with Gasteiger partial charge >= 0.3 is 6.03 Å². The largest absolute Gasteiger partial charge is 0.332 e. The van der Waals surface area contributed by atoms with E-state index in [-0.39, 0.29) is 12.5 Å². The van der Waals surface area contributed by atoms with Gasteiger partial charge in [-0.1, -0.05) is 29.8 Å². The summed E-state index contributed by atoms with van der Waals surface area (Å²) in [4.78, 5) is 27.6. The van der Waals surface area contributed by atoms with Crippen LogP contribution in [0.1, 0.15) is 12.5 Å². The van der Waals surface area contributed by atoms with Gasteiger partial charge in [0.1, 0.15) is 11.9 Å². The maximum absolute atomic E-state index is 13.1. The molecule has 0 bridgehead atoms.